The molecule has 3 nitrogen and oxygen atoms in total. The smallest absolute Gasteiger partial charge is 0.414 e. The lowest BCUT2D eigenvalue weighted by molar-refractivity contribution is 0.0441. The molecule has 1 amide bonds. The summed E-state index contributed by atoms with van der Waals surface area (Å²) in [5.74, 6) is 0. The number of hydrogen-bond donors (Lipinski definition) is 0. The van der Waals surface area contributed by atoms with Crippen molar-refractivity contribution < 1.29 is 9.53 Å². The number of hydrogen-bond acceptors (Lipinski definition) is 2. The van der Waals surface area contributed by atoms with Crippen LogP contribution in [0.15, 0.2) is 12.8 Å². The van der Waals surface area contributed by atoms with Crippen LogP contribution in [0.25, 0.3) is 0 Å². The SMILES string of the molecule is C=CN1CC(CC)(CCCCCC)OC1=O. The van der Waals surface area contributed by atoms with Gasteiger partial charge in [-0.3, -0.25) is 4.90 Å². The molecule has 0 radical (unpaired) electrons. The summed E-state index contributed by atoms with van der Waals surface area (Å²) in [7, 11) is 0. The van der Waals surface area contributed by atoms with E-state index in [-0.39, 0.29) is 11.7 Å². The standard InChI is InChI=1S/C13H23NO2/c1-4-7-8-9-10-13(5-2)11-14(6-3)12(15)16-13/h6H,3-5,7-11H2,1-2H3. The molecule has 1 rings (SSSR count). The molecule has 1 saturated heterocycles. The highest BCUT2D eigenvalue weighted by atomic mass is 16.6. The quantitative estimate of drug-likeness (QED) is 0.618. The second kappa shape index (κ2) is 5.92. The molecule has 3 heteroatoms. The van der Waals surface area contributed by atoms with Crippen molar-refractivity contribution in [2.45, 2.75) is 58.0 Å². The van der Waals surface area contributed by atoms with Gasteiger partial charge in [0.25, 0.3) is 0 Å². The molecule has 16 heavy (non-hydrogen) atoms. The fourth-order valence-electron chi connectivity index (χ4n) is 2.15. The molecule has 1 unspecified atom stereocenters. The number of carbonyl (C=O) groups excluding carboxylic acids is 1. The molecule has 1 atom stereocenters. The second-order valence-electron chi connectivity index (χ2n) is 4.53. The Morgan fingerprint density at radius 1 is 1.44 bits per heavy atom. The van der Waals surface area contributed by atoms with Crippen LogP contribution in [-0.2, 0) is 4.74 Å². The first-order valence-corrected chi connectivity index (χ1v) is 6.29. The minimum atomic E-state index is -0.265. The first-order valence-electron chi connectivity index (χ1n) is 6.29. The maximum atomic E-state index is 11.5. The highest BCUT2D eigenvalue weighted by Crippen LogP contribution is 2.31. The number of cyclic esters (lactones) is 1. The summed E-state index contributed by atoms with van der Waals surface area (Å²) in [5.41, 5.74) is -0.265. The first-order chi connectivity index (χ1) is 7.67. The van der Waals surface area contributed by atoms with Gasteiger partial charge in [-0.2, -0.15) is 0 Å². The average molecular weight is 225 g/mol. The lowest BCUT2D eigenvalue weighted by Crippen LogP contribution is -2.32. The Bertz CT molecular complexity index is 252. The largest absolute Gasteiger partial charge is 0.441 e. The first kappa shape index (κ1) is 13.1. The molecule has 1 aliphatic heterocycles. The van der Waals surface area contributed by atoms with E-state index in [1.165, 1.54) is 19.3 Å². The summed E-state index contributed by atoms with van der Waals surface area (Å²) >= 11 is 0. The van der Waals surface area contributed by atoms with E-state index in [0.717, 1.165) is 19.3 Å². The molecule has 1 aliphatic rings. The second-order valence-corrected chi connectivity index (χ2v) is 4.53. The van der Waals surface area contributed by atoms with Crippen molar-refractivity contribution in [1.82, 2.24) is 4.90 Å². The molecule has 0 saturated carbocycles. The fourth-order valence-corrected chi connectivity index (χ4v) is 2.15. The van der Waals surface area contributed by atoms with Gasteiger partial charge in [0.05, 0.1) is 6.54 Å². The summed E-state index contributed by atoms with van der Waals surface area (Å²) in [6, 6.07) is 0. The van der Waals surface area contributed by atoms with E-state index >= 15 is 0 Å². The number of unbranched alkanes of at least 4 members (excludes halogenated alkanes) is 3. The zero-order valence-corrected chi connectivity index (χ0v) is 10.5. The molecule has 0 aromatic heterocycles. The van der Waals surface area contributed by atoms with Gasteiger partial charge in [-0.15, -0.1) is 0 Å². The van der Waals surface area contributed by atoms with Crippen LogP contribution in [0.4, 0.5) is 4.79 Å². The van der Waals surface area contributed by atoms with Crippen molar-refractivity contribution in [2.75, 3.05) is 6.54 Å². The topological polar surface area (TPSA) is 29.5 Å². The highest BCUT2D eigenvalue weighted by Gasteiger charge is 2.42. The van der Waals surface area contributed by atoms with Gasteiger partial charge in [-0.25, -0.2) is 4.79 Å². The number of carbonyl (C=O) groups is 1. The predicted molar refractivity (Wildman–Crippen MR) is 65.2 cm³/mol. The Balaban J connectivity index is 2.46. The molecular formula is C13H23NO2. The Morgan fingerprint density at radius 3 is 2.69 bits per heavy atom. The van der Waals surface area contributed by atoms with E-state index in [9.17, 15) is 4.79 Å². The normalized spacial score (nSPS) is 24.6. The van der Waals surface area contributed by atoms with Gasteiger partial charge >= 0.3 is 6.09 Å². The summed E-state index contributed by atoms with van der Waals surface area (Å²) < 4.78 is 5.50. The van der Waals surface area contributed by atoms with Crippen LogP contribution in [0.1, 0.15) is 52.4 Å². The van der Waals surface area contributed by atoms with Crippen LogP contribution < -0.4 is 0 Å². The minimum Gasteiger partial charge on any atom is -0.441 e. The van der Waals surface area contributed by atoms with Crippen LogP contribution >= 0.6 is 0 Å². The molecule has 0 aromatic carbocycles. The molecule has 0 aromatic rings. The predicted octanol–water partition coefficient (Wildman–Crippen LogP) is 3.70. The van der Waals surface area contributed by atoms with Gasteiger partial charge in [0.1, 0.15) is 5.60 Å². The summed E-state index contributed by atoms with van der Waals surface area (Å²) in [6.07, 6.45) is 8.04. The molecular weight excluding hydrogens is 202 g/mol. The number of ether oxygens (including phenoxy) is 1. The highest BCUT2D eigenvalue weighted by molar-refractivity contribution is 5.71. The van der Waals surface area contributed by atoms with Crippen LogP contribution in [0, 0.1) is 0 Å². The third kappa shape index (κ3) is 3.00. The van der Waals surface area contributed by atoms with Crippen molar-refractivity contribution in [3.8, 4) is 0 Å². The zero-order chi connectivity index (χ0) is 12.0. The minimum absolute atomic E-state index is 0.243. The Hall–Kier alpha value is -0.990. The van der Waals surface area contributed by atoms with Crippen molar-refractivity contribution in [2.24, 2.45) is 0 Å². The molecule has 92 valence electrons. The van der Waals surface area contributed by atoms with Gasteiger partial charge in [-0.05, 0) is 19.3 Å². The van der Waals surface area contributed by atoms with Crippen molar-refractivity contribution in [1.29, 1.82) is 0 Å². The Labute approximate surface area is 98.5 Å². The maximum absolute atomic E-state index is 11.5. The summed E-state index contributed by atoms with van der Waals surface area (Å²) in [6.45, 7) is 8.57. The van der Waals surface area contributed by atoms with Gasteiger partial charge in [0.15, 0.2) is 0 Å². The molecule has 0 bridgehead atoms. The van der Waals surface area contributed by atoms with Gasteiger partial charge in [-0.1, -0.05) is 39.7 Å². The van der Waals surface area contributed by atoms with E-state index in [4.69, 9.17) is 4.74 Å². The fraction of sp³-hybridized carbons (Fsp3) is 0.769. The third-order valence-corrected chi connectivity index (χ3v) is 3.35. The van der Waals surface area contributed by atoms with Crippen molar-refractivity contribution >= 4 is 6.09 Å². The molecule has 0 N–H and O–H groups in total. The van der Waals surface area contributed by atoms with Gasteiger partial charge in [0.2, 0.25) is 0 Å². The Morgan fingerprint density at radius 2 is 2.19 bits per heavy atom. The molecule has 1 heterocycles. The number of rotatable bonds is 7. The van der Waals surface area contributed by atoms with Crippen molar-refractivity contribution in [3.63, 3.8) is 0 Å². The summed E-state index contributed by atoms with van der Waals surface area (Å²) in [4.78, 5) is 13.1. The number of amides is 1. The average Bonchev–Trinajstić information content (AvgIpc) is 2.62. The van der Waals surface area contributed by atoms with Crippen LogP contribution in [0.2, 0.25) is 0 Å². The van der Waals surface area contributed by atoms with Crippen molar-refractivity contribution in [3.05, 3.63) is 12.8 Å². The zero-order valence-electron chi connectivity index (χ0n) is 10.5. The van der Waals surface area contributed by atoms with E-state index < -0.39 is 0 Å². The number of nitrogens with zero attached hydrogens (tertiary/aromatic N) is 1. The van der Waals surface area contributed by atoms with E-state index in [1.54, 1.807) is 11.1 Å². The third-order valence-electron chi connectivity index (χ3n) is 3.35. The van der Waals surface area contributed by atoms with E-state index in [2.05, 4.69) is 20.4 Å². The Kier molecular flexibility index (Phi) is 4.84. The van der Waals surface area contributed by atoms with Gasteiger partial charge in [0, 0.05) is 6.20 Å². The molecule has 0 aliphatic carbocycles. The maximum Gasteiger partial charge on any atom is 0.414 e. The lowest BCUT2D eigenvalue weighted by Gasteiger charge is -2.24. The van der Waals surface area contributed by atoms with Crippen LogP contribution in [0.5, 0.6) is 0 Å². The van der Waals surface area contributed by atoms with Crippen LogP contribution in [0.3, 0.4) is 0 Å². The monoisotopic (exact) mass is 225 g/mol. The van der Waals surface area contributed by atoms with Gasteiger partial charge < -0.3 is 4.74 Å². The lowest BCUT2D eigenvalue weighted by atomic mass is 9.93. The molecule has 0 spiro atoms. The van der Waals surface area contributed by atoms with E-state index in [0.29, 0.717) is 6.54 Å². The molecule has 1 fully saturated rings. The van der Waals surface area contributed by atoms with E-state index in [1.807, 2.05) is 0 Å². The summed E-state index contributed by atoms with van der Waals surface area (Å²) in [5, 5.41) is 0. The van der Waals surface area contributed by atoms with Crippen LogP contribution in [-0.4, -0.2) is 23.1 Å².